The number of benzene rings is 2. The third-order valence-electron chi connectivity index (χ3n) is 5.26. The van der Waals surface area contributed by atoms with E-state index in [1.54, 1.807) is 23.9 Å². The minimum Gasteiger partial charge on any atom is -0.508 e. The zero-order valence-corrected chi connectivity index (χ0v) is 20.5. The number of thiazole rings is 1. The first kappa shape index (κ1) is 23.9. The fraction of sp³-hybridized carbons (Fsp3) is 0.280. The Morgan fingerprint density at radius 1 is 1.09 bits per heavy atom. The van der Waals surface area contributed by atoms with Crippen LogP contribution in [0.4, 0.5) is 5.13 Å². The van der Waals surface area contributed by atoms with Crippen LogP contribution in [0.3, 0.4) is 0 Å². The van der Waals surface area contributed by atoms with E-state index in [-0.39, 0.29) is 18.1 Å². The van der Waals surface area contributed by atoms with Crippen LogP contribution in [0.1, 0.15) is 51.7 Å². The molecule has 4 N–H and O–H groups in total. The Bertz CT molecular complexity index is 1180. The molecule has 168 valence electrons. The van der Waals surface area contributed by atoms with Crippen molar-refractivity contribution in [1.82, 2.24) is 10.3 Å². The van der Waals surface area contributed by atoms with Gasteiger partial charge in [-0.05, 0) is 67.7 Å². The maximum Gasteiger partial charge on any atom is 0.229 e. The summed E-state index contributed by atoms with van der Waals surface area (Å²) in [7, 11) is 0. The molecule has 0 aliphatic heterocycles. The van der Waals surface area contributed by atoms with Crippen molar-refractivity contribution in [3.8, 4) is 5.75 Å². The van der Waals surface area contributed by atoms with Crippen molar-refractivity contribution in [3.63, 3.8) is 0 Å². The molecule has 5 nitrogen and oxygen atoms in total. The standard InChI is InChI=1S/C25H29N3O2S2/c1-5-15(3)23(18-8-10-19(29)11-9-18)32-24(16(4)6-2)28-22(30)14-17-7-12-20-21(13-17)31-25(26)27-20/h7-13,29H,5-6,14H2,1-4H3,(H2,26,27)(H,28,30)/b23-15-,24-16+. The van der Waals surface area contributed by atoms with Crippen molar-refractivity contribution < 1.29 is 9.90 Å². The highest BCUT2D eigenvalue weighted by molar-refractivity contribution is 8.11. The van der Waals surface area contributed by atoms with Crippen LogP contribution >= 0.6 is 23.1 Å². The number of anilines is 1. The number of hydrogen-bond acceptors (Lipinski definition) is 6. The van der Waals surface area contributed by atoms with Gasteiger partial charge in [-0.25, -0.2) is 4.98 Å². The summed E-state index contributed by atoms with van der Waals surface area (Å²) < 4.78 is 0.985. The van der Waals surface area contributed by atoms with Crippen LogP contribution in [0.2, 0.25) is 0 Å². The minimum atomic E-state index is -0.0589. The van der Waals surface area contributed by atoms with Crippen molar-refractivity contribution in [2.24, 2.45) is 0 Å². The molecule has 3 rings (SSSR count). The number of phenolic OH excluding ortho intramolecular Hbond substituents is 1. The van der Waals surface area contributed by atoms with E-state index in [1.807, 2.05) is 37.3 Å². The zero-order chi connectivity index (χ0) is 23.3. The van der Waals surface area contributed by atoms with Crippen molar-refractivity contribution in [3.05, 3.63) is 69.8 Å². The van der Waals surface area contributed by atoms with Crippen LogP contribution in [0.25, 0.3) is 15.1 Å². The van der Waals surface area contributed by atoms with Gasteiger partial charge in [0.1, 0.15) is 5.75 Å². The molecule has 3 aromatic rings. The van der Waals surface area contributed by atoms with Gasteiger partial charge in [0.25, 0.3) is 0 Å². The molecule has 0 aliphatic carbocycles. The van der Waals surface area contributed by atoms with E-state index in [4.69, 9.17) is 5.73 Å². The molecule has 1 amide bonds. The van der Waals surface area contributed by atoms with Crippen molar-refractivity contribution >= 4 is 49.3 Å². The first-order valence-corrected chi connectivity index (χ1v) is 12.3. The molecule has 0 saturated carbocycles. The van der Waals surface area contributed by atoms with Crippen molar-refractivity contribution in [1.29, 1.82) is 0 Å². The second-order valence-corrected chi connectivity index (χ2v) is 9.74. The van der Waals surface area contributed by atoms with Crippen LogP contribution in [0.15, 0.2) is 58.6 Å². The number of thioether (sulfide) groups is 1. The number of nitrogens with two attached hydrogens (primary N) is 1. The lowest BCUT2D eigenvalue weighted by atomic mass is 10.1. The average molecular weight is 468 g/mol. The molecule has 0 spiro atoms. The molecule has 7 heteroatoms. The predicted molar refractivity (Wildman–Crippen MR) is 137 cm³/mol. The summed E-state index contributed by atoms with van der Waals surface area (Å²) in [5.74, 6) is 0.178. The average Bonchev–Trinajstić information content (AvgIpc) is 3.15. The second-order valence-electron chi connectivity index (χ2n) is 7.65. The fourth-order valence-electron chi connectivity index (χ4n) is 3.10. The summed E-state index contributed by atoms with van der Waals surface area (Å²) in [6.45, 7) is 8.35. The van der Waals surface area contributed by atoms with E-state index in [0.29, 0.717) is 5.13 Å². The summed E-state index contributed by atoms with van der Waals surface area (Å²) >= 11 is 3.01. The Kier molecular flexibility index (Phi) is 7.99. The van der Waals surface area contributed by atoms with E-state index in [0.717, 1.165) is 49.7 Å². The van der Waals surface area contributed by atoms with Gasteiger partial charge in [0, 0.05) is 4.91 Å². The van der Waals surface area contributed by atoms with Gasteiger partial charge < -0.3 is 16.2 Å². The van der Waals surface area contributed by atoms with Crippen LogP contribution in [0.5, 0.6) is 5.75 Å². The van der Waals surface area contributed by atoms with Gasteiger partial charge in [-0.2, -0.15) is 0 Å². The minimum absolute atomic E-state index is 0.0589. The molecule has 0 aliphatic rings. The summed E-state index contributed by atoms with van der Waals surface area (Å²) in [5.41, 5.74) is 10.9. The number of phenols is 1. The highest BCUT2D eigenvalue weighted by Gasteiger charge is 2.15. The smallest absolute Gasteiger partial charge is 0.229 e. The number of carbonyl (C=O) groups is 1. The lowest BCUT2D eigenvalue weighted by Crippen LogP contribution is -2.24. The van der Waals surface area contributed by atoms with Crippen LogP contribution in [-0.2, 0) is 11.2 Å². The van der Waals surface area contributed by atoms with Gasteiger partial charge in [0.05, 0.1) is 21.7 Å². The van der Waals surface area contributed by atoms with E-state index in [2.05, 4.69) is 31.1 Å². The zero-order valence-electron chi connectivity index (χ0n) is 18.9. The fourth-order valence-corrected chi connectivity index (χ4v) is 5.16. The largest absolute Gasteiger partial charge is 0.508 e. The van der Waals surface area contributed by atoms with E-state index < -0.39 is 0 Å². The third-order valence-corrected chi connectivity index (χ3v) is 7.55. The van der Waals surface area contributed by atoms with E-state index in [1.165, 1.54) is 16.9 Å². The van der Waals surface area contributed by atoms with Crippen LogP contribution in [0, 0.1) is 0 Å². The number of allylic oxidation sites excluding steroid dienone is 2. The van der Waals surface area contributed by atoms with E-state index >= 15 is 0 Å². The normalized spacial score (nSPS) is 13.0. The molecule has 0 radical (unpaired) electrons. The summed E-state index contributed by atoms with van der Waals surface area (Å²) in [6, 6.07) is 13.0. The van der Waals surface area contributed by atoms with Gasteiger partial charge in [-0.15, -0.1) is 0 Å². The predicted octanol–water partition coefficient (Wildman–Crippen LogP) is 6.46. The monoisotopic (exact) mass is 467 g/mol. The Hall–Kier alpha value is -2.77. The first-order valence-electron chi connectivity index (χ1n) is 10.6. The molecule has 0 atom stereocenters. The number of aromatic nitrogens is 1. The maximum absolute atomic E-state index is 12.9. The number of nitrogens with one attached hydrogen (secondary N) is 1. The quantitative estimate of drug-likeness (QED) is 0.354. The number of hydrogen-bond donors (Lipinski definition) is 3. The number of aromatic hydroxyl groups is 1. The molecule has 0 unspecified atom stereocenters. The third kappa shape index (κ3) is 5.93. The van der Waals surface area contributed by atoms with Gasteiger partial charge in [0.2, 0.25) is 5.91 Å². The first-order chi connectivity index (χ1) is 15.3. The lowest BCUT2D eigenvalue weighted by Gasteiger charge is -2.17. The molecule has 0 saturated heterocycles. The molecule has 0 fully saturated rings. The molecule has 0 bridgehead atoms. The van der Waals surface area contributed by atoms with Gasteiger partial charge in [0.15, 0.2) is 5.13 Å². The Morgan fingerprint density at radius 2 is 1.78 bits per heavy atom. The van der Waals surface area contributed by atoms with Crippen molar-refractivity contribution in [2.75, 3.05) is 5.73 Å². The van der Waals surface area contributed by atoms with Gasteiger partial charge >= 0.3 is 0 Å². The van der Waals surface area contributed by atoms with Crippen molar-refractivity contribution in [2.45, 2.75) is 47.0 Å². The highest BCUT2D eigenvalue weighted by atomic mass is 32.2. The van der Waals surface area contributed by atoms with Gasteiger partial charge in [-0.3, -0.25) is 4.79 Å². The number of nitrogens with zero attached hydrogens (tertiary/aromatic N) is 1. The molecule has 32 heavy (non-hydrogen) atoms. The molecule has 1 heterocycles. The summed E-state index contributed by atoms with van der Waals surface area (Å²) in [4.78, 5) is 18.3. The molecular formula is C25H29N3O2S2. The number of carbonyl (C=O) groups excluding carboxylic acids is 1. The molecule has 2 aromatic carbocycles. The van der Waals surface area contributed by atoms with Gasteiger partial charge in [-0.1, -0.05) is 60.7 Å². The number of rotatable bonds is 8. The Balaban J connectivity index is 1.82. The highest BCUT2D eigenvalue weighted by Crippen LogP contribution is 2.38. The maximum atomic E-state index is 12.9. The Labute approximate surface area is 197 Å². The lowest BCUT2D eigenvalue weighted by molar-refractivity contribution is -0.119. The summed E-state index contributed by atoms with van der Waals surface area (Å²) in [5, 5.41) is 14.2. The molecular weight excluding hydrogens is 438 g/mol. The van der Waals surface area contributed by atoms with Crippen LogP contribution < -0.4 is 11.1 Å². The van der Waals surface area contributed by atoms with Crippen LogP contribution in [-0.4, -0.2) is 16.0 Å². The summed E-state index contributed by atoms with van der Waals surface area (Å²) in [6.07, 6.45) is 2.01. The molecule has 1 aromatic heterocycles. The number of nitrogen functional groups attached to an aromatic ring is 1. The topological polar surface area (TPSA) is 88.2 Å². The second kappa shape index (κ2) is 10.7. The Morgan fingerprint density at radius 3 is 2.44 bits per heavy atom. The van der Waals surface area contributed by atoms with E-state index in [9.17, 15) is 9.90 Å². The number of amides is 1. The number of fused-ring (bicyclic) bond motifs is 1. The SMILES string of the molecule is CC/C(C)=C(\S/C(NC(=O)Cc1ccc2nc(N)sc2c1)=C(\C)CC)c1ccc(O)cc1.